The first-order valence-electron chi connectivity index (χ1n) is 8.56. The van der Waals surface area contributed by atoms with Gasteiger partial charge in [0.15, 0.2) is 11.5 Å². The highest BCUT2D eigenvalue weighted by Gasteiger charge is 2.37. The van der Waals surface area contributed by atoms with Crippen molar-refractivity contribution in [2.24, 2.45) is 0 Å². The Balaban J connectivity index is 2.63. The Morgan fingerprint density at radius 2 is 1.71 bits per heavy atom. The predicted octanol–water partition coefficient (Wildman–Crippen LogP) is 2.03. The van der Waals surface area contributed by atoms with Crippen LogP contribution in [-0.2, 0) is 19.1 Å². The van der Waals surface area contributed by atoms with Gasteiger partial charge in [-0.3, -0.25) is 4.79 Å². The lowest BCUT2D eigenvalue weighted by molar-refractivity contribution is -0.136. The molecule has 0 atom stereocenters. The van der Waals surface area contributed by atoms with E-state index in [0.29, 0.717) is 41.7 Å². The average molecular weight is 391 g/mol. The first-order valence-corrected chi connectivity index (χ1v) is 8.56. The lowest BCUT2D eigenvalue weighted by Gasteiger charge is -2.17. The molecule has 0 aromatic heterocycles. The topological polar surface area (TPSA) is 83.5 Å². The Kier molecular flexibility index (Phi) is 7.06. The van der Waals surface area contributed by atoms with Gasteiger partial charge in [0.05, 0.1) is 46.2 Å². The van der Waals surface area contributed by atoms with Crippen molar-refractivity contribution in [3.05, 3.63) is 34.5 Å². The molecule has 1 aromatic carbocycles. The van der Waals surface area contributed by atoms with Gasteiger partial charge in [-0.1, -0.05) is 0 Å². The lowest BCUT2D eigenvalue weighted by Crippen LogP contribution is -2.28. The maximum Gasteiger partial charge on any atom is 0.340 e. The highest BCUT2D eigenvalue weighted by Crippen LogP contribution is 2.42. The number of benzene rings is 1. The van der Waals surface area contributed by atoms with Gasteiger partial charge in [0.1, 0.15) is 0 Å². The number of allylic oxidation sites excluding steroid dienone is 1. The third-order valence-electron chi connectivity index (χ3n) is 4.45. The molecule has 1 heterocycles. The van der Waals surface area contributed by atoms with Crippen LogP contribution >= 0.6 is 0 Å². The Labute approximate surface area is 164 Å². The summed E-state index contributed by atoms with van der Waals surface area (Å²) in [7, 11) is 7.33. The molecule has 0 unspecified atom stereocenters. The zero-order valence-corrected chi connectivity index (χ0v) is 17.0. The summed E-state index contributed by atoms with van der Waals surface area (Å²) in [5, 5.41) is 0. The van der Waals surface area contributed by atoms with Gasteiger partial charge in [0.25, 0.3) is 5.91 Å². The predicted molar refractivity (Wildman–Crippen MR) is 102 cm³/mol. The zero-order valence-electron chi connectivity index (χ0n) is 17.0. The van der Waals surface area contributed by atoms with E-state index in [2.05, 4.69) is 0 Å². The molecule has 0 N–H and O–H groups in total. The number of nitrogens with zero attached hydrogens (tertiary/aromatic N) is 1. The van der Waals surface area contributed by atoms with Gasteiger partial charge in [-0.2, -0.15) is 0 Å². The number of hydrogen-bond donors (Lipinski definition) is 0. The summed E-state index contributed by atoms with van der Waals surface area (Å²) in [6.07, 6.45) is 1.59. The second-order valence-corrected chi connectivity index (χ2v) is 5.88. The standard InChI is InChI=1S/C20H25NO7/c1-12-16(20(23)28-6)14(19(22)21(12)9-10-24-2)11-13-7-8-15(25-3)18(27-5)17(13)26-4/h7-8,11H,9-10H2,1-6H3/b14-11-. The molecule has 1 amide bonds. The normalized spacial score (nSPS) is 15.3. The molecule has 152 valence electrons. The fourth-order valence-electron chi connectivity index (χ4n) is 3.07. The van der Waals surface area contributed by atoms with Crippen molar-refractivity contribution in [1.29, 1.82) is 0 Å². The van der Waals surface area contributed by atoms with Crippen LogP contribution in [0.1, 0.15) is 12.5 Å². The molecule has 8 heteroatoms. The van der Waals surface area contributed by atoms with E-state index in [4.69, 9.17) is 23.7 Å². The molecule has 8 nitrogen and oxygen atoms in total. The van der Waals surface area contributed by atoms with Crippen LogP contribution in [0.25, 0.3) is 6.08 Å². The fraction of sp³-hybridized carbons (Fsp3) is 0.400. The van der Waals surface area contributed by atoms with Crippen molar-refractivity contribution in [2.45, 2.75) is 6.92 Å². The Morgan fingerprint density at radius 3 is 2.25 bits per heavy atom. The SMILES string of the molecule is COCCN1C(=O)/C(=C\c2ccc(OC)c(OC)c2OC)C(C(=O)OC)=C1C. The molecule has 28 heavy (non-hydrogen) atoms. The fourth-order valence-corrected chi connectivity index (χ4v) is 3.07. The van der Waals surface area contributed by atoms with Crippen LogP contribution in [-0.4, -0.2) is 65.5 Å². The van der Waals surface area contributed by atoms with E-state index in [1.807, 2.05) is 0 Å². The largest absolute Gasteiger partial charge is 0.493 e. The summed E-state index contributed by atoms with van der Waals surface area (Å²) >= 11 is 0. The molecular formula is C20H25NO7. The third-order valence-corrected chi connectivity index (χ3v) is 4.45. The number of carbonyl (C=O) groups is 2. The summed E-state index contributed by atoms with van der Waals surface area (Å²) < 4.78 is 26.1. The van der Waals surface area contributed by atoms with Crippen LogP contribution < -0.4 is 14.2 Å². The van der Waals surface area contributed by atoms with E-state index in [1.54, 1.807) is 32.2 Å². The van der Waals surface area contributed by atoms with Crippen LogP contribution in [0, 0.1) is 0 Å². The quantitative estimate of drug-likeness (QED) is 0.495. The van der Waals surface area contributed by atoms with Crippen molar-refractivity contribution >= 4 is 18.0 Å². The molecule has 0 bridgehead atoms. The minimum Gasteiger partial charge on any atom is -0.493 e. The van der Waals surface area contributed by atoms with Gasteiger partial charge in [-0.25, -0.2) is 4.79 Å². The minimum absolute atomic E-state index is 0.209. The average Bonchev–Trinajstić information content (AvgIpc) is 2.94. The van der Waals surface area contributed by atoms with Crippen molar-refractivity contribution in [3.63, 3.8) is 0 Å². The summed E-state index contributed by atoms with van der Waals surface area (Å²) in [5.41, 5.74) is 1.50. The molecular weight excluding hydrogens is 366 g/mol. The van der Waals surface area contributed by atoms with Crippen LogP contribution in [0.3, 0.4) is 0 Å². The number of carbonyl (C=O) groups excluding carboxylic acids is 2. The van der Waals surface area contributed by atoms with E-state index >= 15 is 0 Å². The third kappa shape index (κ3) is 3.82. The molecule has 1 aromatic rings. The lowest BCUT2D eigenvalue weighted by atomic mass is 10.0. The summed E-state index contributed by atoms with van der Waals surface area (Å²) in [6.45, 7) is 2.36. The van der Waals surface area contributed by atoms with Crippen LogP contribution in [0.5, 0.6) is 17.2 Å². The minimum atomic E-state index is -0.587. The molecule has 0 saturated carbocycles. The number of esters is 1. The molecule has 2 rings (SSSR count). The van der Waals surface area contributed by atoms with Gasteiger partial charge in [-0.15, -0.1) is 0 Å². The van der Waals surface area contributed by atoms with E-state index < -0.39 is 5.97 Å². The second-order valence-electron chi connectivity index (χ2n) is 5.88. The van der Waals surface area contributed by atoms with E-state index in [-0.39, 0.29) is 17.1 Å². The van der Waals surface area contributed by atoms with Crippen molar-refractivity contribution < 1.29 is 33.3 Å². The Hall–Kier alpha value is -3.00. The first kappa shape index (κ1) is 21.3. The number of ether oxygens (including phenoxy) is 5. The molecule has 0 spiro atoms. The Morgan fingerprint density at radius 1 is 1.04 bits per heavy atom. The van der Waals surface area contributed by atoms with Gasteiger partial charge >= 0.3 is 5.97 Å². The highest BCUT2D eigenvalue weighted by molar-refractivity contribution is 6.16. The summed E-state index contributed by atoms with van der Waals surface area (Å²) in [4.78, 5) is 26.8. The van der Waals surface area contributed by atoms with E-state index in [1.165, 1.54) is 33.3 Å². The number of amides is 1. The molecule has 1 aliphatic heterocycles. The smallest absolute Gasteiger partial charge is 0.340 e. The van der Waals surface area contributed by atoms with Gasteiger partial charge < -0.3 is 28.6 Å². The van der Waals surface area contributed by atoms with Crippen LogP contribution in [0.2, 0.25) is 0 Å². The molecule has 0 saturated heterocycles. The Bertz CT molecular complexity index is 826. The molecule has 1 aliphatic rings. The van der Waals surface area contributed by atoms with E-state index in [9.17, 15) is 9.59 Å². The van der Waals surface area contributed by atoms with Gasteiger partial charge in [0.2, 0.25) is 5.75 Å². The maximum atomic E-state index is 13.0. The maximum absolute atomic E-state index is 13.0. The summed E-state index contributed by atoms with van der Waals surface area (Å²) in [6, 6.07) is 3.42. The summed E-state index contributed by atoms with van der Waals surface area (Å²) in [5.74, 6) is 0.366. The number of methoxy groups -OCH3 is 5. The van der Waals surface area contributed by atoms with Crippen molar-refractivity contribution in [3.8, 4) is 17.2 Å². The molecule has 0 aliphatic carbocycles. The van der Waals surface area contributed by atoms with Crippen molar-refractivity contribution in [2.75, 3.05) is 48.7 Å². The van der Waals surface area contributed by atoms with E-state index in [0.717, 1.165) is 0 Å². The van der Waals surface area contributed by atoms with Crippen molar-refractivity contribution in [1.82, 2.24) is 4.90 Å². The number of rotatable bonds is 8. The van der Waals surface area contributed by atoms with Crippen LogP contribution in [0.4, 0.5) is 0 Å². The zero-order chi connectivity index (χ0) is 20.8. The first-order chi connectivity index (χ1) is 13.4. The van der Waals surface area contributed by atoms with Gasteiger partial charge in [-0.05, 0) is 25.1 Å². The molecule has 0 fully saturated rings. The second kappa shape index (κ2) is 9.27. The highest BCUT2D eigenvalue weighted by atomic mass is 16.5. The monoisotopic (exact) mass is 391 g/mol. The molecule has 0 radical (unpaired) electrons. The van der Waals surface area contributed by atoms with Crippen LogP contribution in [0.15, 0.2) is 29.0 Å². The number of hydrogen-bond acceptors (Lipinski definition) is 7. The van der Waals surface area contributed by atoms with Gasteiger partial charge in [0, 0.05) is 24.9 Å².